The lowest BCUT2D eigenvalue weighted by molar-refractivity contribution is 0.0614. The van der Waals surface area contributed by atoms with E-state index in [1.54, 1.807) is 0 Å². The Morgan fingerprint density at radius 3 is 2.52 bits per heavy atom. The van der Waals surface area contributed by atoms with E-state index < -0.39 is 0 Å². The summed E-state index contributed by atoms with van der Waals surface area (Å²) in [6.45, 7) is 8.60. The van der Waals surface area contributed by atoms with Crippen molar-refractivity contribution in [2.24, 2.45) is 0 Å². The van der Waals surface area contributed by atoms with Crippen LogP contribution in [0, 0.1) is 13.8 Å². The molecule has 6 nitrogen and oxygen atoms in total. The summed E-state index contributed by atoms with van der Waals surface area (Å²) < 4.78 is 5.77. The Balaban J connectivity index is 1.27. The van der Waals surface area contributed by atoms with Gasteiger partial charge >= 0.3 is 0 Å². The van der Waals surface area contributed by atoms with Crippen LogP contribution in [0.4, 0.5) is 0 Å². The van der Waals surface area contributed by atoms with Gasteiger partial charge in [-0.2, -0.15) is 5.10 Å². The Bertz CT molecular complexity index is 1040. The molecule has 162 valence electrons. The molecule has 1 saturated heterocycles. The average Bonchev–Trinajstić information content (AvgIpc) is 3.25. The van der Waals surface area contributed by atoms with E-state index in [0.29, 0.717) is 30.4 Å². The number of carbonyl (C=O) groups excluding carboxylic acids is 1. The molecule has 3 aromatic rings. The van der Waals surface area contributed by atoms with E-state index in [2.05, 4.69) is 47.1 Å². The normalized spacial score (nSPS) is 14.6. The Kier molecular flexibility index (Phi) is 6.59. The highest BCUT2D eigenvalue weighted by molar-refractivity contribution is 6.30. The van der Waals surface area contributed by atoms with Gasteiger partial charge in [0.1, 0.15) is 18.1 Å². The van der Waals surface area contributed by atoms with Crippen molar-refractivity contribution in [3.05, 3.63) is 70.4 Å². The van der Waals surface area contributed by atoms with Gasteiger partial charge in [0.15, 0.2) is 0 Å². The second-order valence-electron chi connectivity index (χ2n) is 7.92. The molecule has 0 bridgehead atoms. The van der Waals surface area contributed by atoms with Crippen LogP contribution in [0.1, 0.15) is 21.6 Å². The highest BCUT2D eigenvalue weighted by atomic mass is 35.5. The molecule has 2 aromatic carbocycles. The van der Waals surface area contributed by atoms with Gasteiger partial charge < -0.3 is 9.64 Å². The Hall–Kier alpha value is -2.83. The molecule has 1 amide bonds. The number of aromatic nitrogens is 2. The highest BCUT2D eigenvalue weighted by Crippen LogP contribution is 2.23. The first-order valence-electron chi connectivity index (χ1n) is 10.5. The van der Waals surface area contributed by atoms with Gasteiger partial charge in [0.25, 0.3) is 5.91 Å². The molecule has 2 heterocycles. The van der Waals surface area contributed by atoms with Gasteiger partial charge in [-0.15, -0.1) is 0 Å². The monoisotopic (exact) mass is 438 g/mol. The second-order valence-corrected chi connectivity index (χ2v) is 8.36. The summed E-state index contributed by atoms with van der Waals surface area (Å²) in [5, 5.41) is 8.00. The first-order chi connectivity index (χ1) is 15.0. The largest absolute Gasteiger partial charge is 0.492 e. The van der Waals surface area contributed by atoms with Gasteiger partial charge in [0.05, 0.1) is 5.69 Å². The number of benzene rings is 2. The first-order valence-corrected chi connectivity index (χ1v) is 10.9. The van der Waals surface area contributed by atoms with E-state index in [1.165, 1.54) is 5.56 Å². The van der Waals surface area contributed by atoms with Crippen molar-refractivity contribution in [2.45, 2.75) is 13.8 Å². The van der Waals surface area contributed by atoms with E-state index in [0.717, 1.165) is 42.2 Å². The minimum absolute atomic E-state index is 0.000536. The van der Waals surface area contributed by atoms with Crippen molar-refractivity contribution in [1.82, 2.24) is 20.0 Å². The summed E-state index contributed by atoms with van der Waals surface area (Å²) in [4.78, 5) is 17.1. The summed E-state index contributed by atoms with van der Waals surface area (Å²) in [7, 11) is 0. The van der Waals surface area contributed by atoms with Crippen molar-refractivity contribution in [3.63, 3.8) is 0 Å². The van der Waals surface area contributed by atoms with E-state index in [1.807, 2.05) is 35.2 Å². The molecule has 0 spiro atoms. The smallest absolute Gasteiger partial charge is 0.271 e. The number of nitrogens with one attached hydrogen (secondary N) is 1. The van der Waals surface area contributed by atoms with Crippen molar-refractivity contribution >= 4 is 17.5 Å². The predicted molar refractivity (Wildman–Crippen MR) is 123 cm³/mol. The minimum Gasteiger partial charge on any atom is -0.492 e. The highest BCUT2D eigenvalue weighted by Gasteiger charge is 2.23. The Morgan fingerprint density at radius 2 is 1.81 bits per heavy atom. The number of carbonyl (C=O) groups is 1. The molecule has 0 saturated carbocycles. The zero-order valence-electron chi connectivity index (χ0n) is 17.9. The van der Waals surface area contributed by atoms with Crippen LogP contribution in [0.3, 0.4) is 0 Å². The molecule has 1 aliphatic heterocycles. The molecule has 0 aliphatic carbocycles. The lowest BCUT2D eigenvalue weighted by atomic mass is 10.0. The van der Waals surface area contributed by atoms with Crippen molar-refractivity contribution < 1.29 is 9.53 Å². The quantitative estimate of drug-likeness (QED) is 0.627. The van der Waals surface area contributed by atoms with Crippen LogP contribution in [0.5, 0.6) is 5.75 Å². The topological polar surface area (TPSA) is 61.5 Å². The number of hydrogen-bond acceptors (Lipinski definition) is 4. The maximum Gasteiger partial charge on any atom is 0.271 e. The molecule has 31 heavy (non-hydrogen) atoms. The van der Waals surface area contributed by atoms with Gasteiger partial charge in [-0.1, -0.05) is 35.4 Å². The third-order valence-electron chi connectivity index (χ3n) is 5.62. The minimum atomic E-state index is 0.000536. The van der Waals surface area contributed by atoms with E-state index >= 15 is 0 Å². The van der Waals surface area contributed by atoms with Crippen LogP contribution in [0.25, 0.3) is 11.3 Å². The van der Waals surface area contributed by atoms with Gasteiger partial charge in [-0.25, -0.2) is 0 Å². The molecule has 0 radical (unpaired) electrons. The molecule has 1 aromatic heterocycles. The van der Waals surface area contributed by atoms with Crippen LogP contribution in [0.15, 0.2) is 48.5 Å². The third-order valence-corrected chi connectivity index (χ3v) is 5.87. The summed E-state index contributed by atoms with van der Waals surface area (Å²) >= 11 is 5.89. The van der Waals surface area contributed by atoms with Gasteiger partial charge in [0, 0.05) is 43.3 Å². The van der Waals surface area contributed by atoms with Gasteiger partial charge in [0.2, 0.25) is 0 Å². The SMILES string of the molecule is Cc1ccc(-c2cc(C(=O)N3CCN(CCOc4ccc(Cl)cc4)CC3)[nH]n2)c(C)c1. The number of piperazine rings is 1. The number of H-pyrrole nitrogens is 1. The number of rotatable bonds is 6. The maximum atomic E-state index is 12.9. The molecule has 4 rings (SSSR count). The van der Waals surface area contributed by atoms with Gasteiger partial charge in [-0.05, 0) is 49.7 Å². The maximum absolute atomic E-state index is 12.9. The fourth-order valence-corrected chi connectivity index (χ4v) is 3.96. The van der Waals surface area contributed by atoms with Crippen LogP contribution in [-0.4, -0.2) is 65.2 Å². The second kappa shape index (κ2) is 9.54. The average molecular weight is 439 g/mol. The summed E-state index contributed by atoms with van der Waals surface area (Å²) in [5.74, 6) is 0.817. The summed E-state index contributed by atoms with van der Waals surface area (Å²) in [6.07, 6.45) is 0. The van der Waals surface area contributed by atoms with E-state index in [9.17, 15) is 4.79 Å². The molecule has 1 fully saturated rings. The van der Waals surface area contributed by atoms with Crippen molar-refractivity contribution in [2.75, 3.05) is 39.3 Å². The number of aryl methyl sites for hydroxylation is 2. The lowest BCUT2D eigenvalue weighted by Crippen LogP contribution is -2.49. The molecular weight excluding hydrogens is 412 g/mol. The predicted octanol–water partition coefficient (Wildman–Crippen LogP) is 4.18. The fourth-order valence-electron chi connectivity index (χ4n) is 3.84. The van der Waals surface area contributed by atoms with Crippen molar-refractivity contribution in [1.29, 1.82) is 0 Å². The van der Waals surface area contributed by atoms with Gasteiger partial charge in [-0.3, -0.25) is 14.8 Å². The number of amides is 1. The molecule has 1 aliphatic rings. The Labute approximate surface area is 187 Å². The third kappa shape index (κ3) is 5.27. The zero-order valence-corrected chi connectivity index (χ0v) is 18.7. The van der Waals surface area contributed by atoms with Crippen LogP contribution < -0.4 is 4.74 Å². The lowest BCUT2D eigenvalue weighted by Gasteiger charge is -2.34. The summed E-state index contributed by atoms with van der Waals surface area (Å²) in [5.41, 5.74) is 4.75. The molecule has 7 heteroatoms. The molecule has 0 atom stereocenters. The van der Waals surface area contributed by atoms with Crippen LogP contribution >= 0.6 is 11.6 Å². The van der Waals surface area contributed by atoms with E-state index in [4.69, 9.17) is 16.3 Å². The summed E-state index contributed by atoms with van der Waals surface area (Å²) in [6, 6.07) is 15.5. The first kappa shape index (κ1) is 21.4. The Morgan fingerprint density at radius 1 is 1.06 bits per heavy atom. The zero-order chi connectivity index (χ0) is 21.8. The fraction of sp³-hybridized carbons (Fsp3) is 0.333. The number of aromatic amines is 1. The molecular formula is C24H27ClN4O2. The number of ether oxygens (including phenoxy) is 1. The van der Waals surface area contributed by atoms with Crippen LogP contribution in [-0.2, 0) is 0 Å². The standard InChI is InChI=1S/C24H27ClN4O2/c1-17-3-8-21(18(2)15-17)22-16-23(27-26-22)24(30)29-11-9-28(10-12-29)13-14-31-20-6-4-19(25)5-7-20/h3-8,15-16H,9-14H2,1-2H3,(H,26,27). The van der Waals surface area contributed by atoms with Crippen molar-refractivity contribution in [3.8, 4) is 17.0 Å². The molecule has 0 unspecified atom stereocenters. The number of hydrogen-bond donors (Lipinski definition) is 1. The van der Waals surface area contributed by atoms with E-state index in [-0.39, 0.29) is 5.91 Å². The number of nitrogens with zero attached hydrogens (tertiary/aromatic N) is 3. The van der Waals surface area contributed by atoms with Crippen LogP contribution in [0.2, 0.25) is 5.02 Å². The number of halogens is 1. The molecule has 1 N–H and O–H groups in total.